The van der Waals surface area contributed by atoms with E-state index in [4.69, 9.17) is 18.9 Å². The van der Waals surface area contributed by atoms with Crippen molar-refractivity contribution < 1.29 is 23.7 Å². The Bertz CT molecular complexity index is 1230. The van der Waals surface area contributed by atoms with Gasteiger partial charge in [0.25, 0.3) is 5.91 Å². The molecular formula is C27H32N4O5. The quantitative estimate of drug-likeness (QED) is 0.523. The average Bonchev–Trinajstić information content (AvgIpc) is 3.14. The predicted octanol–water partition coefficient (Wildman–Crippen LogP) is 3.22. The van der Waals surface area contributed by atoms with E-state index >= 15 is 0 Å². The maximum absolute atomic E-state index is 13.6. The molecule has 0 unspecified atom stereocenters. The van der Waals surface area contributed by atoms with Crippen LogP contribution in [0.5, 0.6) is 23.0 Å². The van der Waals surface area contributed by atoms with Gasteiger partial charge in [-0.3, -0.25) is 14.4 Å². The summed E-state index contributed by atoms with van der Waals surface area (Å²) >= 11 is 0. The number of hydrogen-bond acceptors (Lipinski definition) is 7. The second kappa shape index (κ2) is 10.5. The van der Waals surface area contributed by atoms with Crippen molar-refractivity contribution in [2.24, 2.45) is 7.05 Å². The number of amides is 1. The van der Waals surface area contributed by atoms with Gasteiger partial charge in [-0.2, -0.15) is 5.10 Å². The third-order valence-corrected chi connectivity index (χ3v) is 6.62. The first-order chi connectivity index (χ1) is 17.6. The fourth-order valence-corrected chi connectivity index (χ4v) is 4.69. The summed E-state index contributed by atoms with van der Waals surface area (Å²) in [6, 6.07) is 11.6. The van der Waals surface area contributed by atoms with Gasteiger partial charge in [-0.25, -0.2) is 0 Å². The van der Waals surface area contributed by atoms with E-state index in [0.29, 0.717) is 43.3 Å². The van der Waals surface area contributed by atoms with E-state index in [1.165, 1.54) is 0 Å². The highest BCUT2D eigenvalue weighted by atomic mass is 16.5. The minimum absolute atomic E-state index is 0.0103. The van der Waals surface area contributed by atoms with Crippen molar-refractivity contribution in [2.75, 3.05) is 53.6 Å². The molecule has 3 heterocycles. The molecule has 9 nitrogen and oxygen atoms in total. The van der Waals surface area contributed by atoms with Crippen molar-refractivity contribution in [1.82, 2.24) is 19.6 Å². The van der Waals surface area contributed by atoms with E-state index in [0.717, 1.165) is 54.4 Å². The largest absolute Gasteiger partial charge is 0.497 e. The normalized spacial score (nSPS) is 15.9. The molecule has 0 bridgehead atoms. The van der Waals surface area contributed by atoms with Crippen molar-refractivity contribution >= 4 is 5.91 Å². The fourth-order valence-electron chi connectivity index (χ4n) is 4.69. The van der Waals surface area contributed by atoms with Gasteiger partial charge in [-0.1, -0.05) is 0 Å². The third-order valence-electron chi connectivity index (χ3n) is 6.62. The van der Waals surface area contributed by atoms with Gasteiger partial charge in [0.1, 0.15) is 17.2 Å². The van der Waals surface area contributed by atoms with E-state index in [1.807, 2.05) is 48.3 Å². The number of piperazine rings is 1. The highest BCUT2D eigenvalue weighted by Crippen LogP contribution is 2.35. The molecule has 3 aromatic rings. The second-order valence-electron chi connectivity index (χ2n) is 9.02. The van der Waals surface area contributed by atoms with Crippen LogP contribution in [0.2, 0.25) is 0 Å². The summed E-state index contributed by atoms with van der Waals surface area (Å²) in [6.45, 7) is 4.79. The molecule has 0 radical (unpaired) electrons. The lowest BCUT2D eigenvalue weighted by Crippen LogP contribution is -2.48. The van der Waals surface area contributed by atoms with Crippen LogP contribution in [0.15, 0.2) is 42.6 Å². The lowest BCUT2D eigenvalue weighted by atomic mass is 10.1. The van der Waals surface area contributed by atoms with Crippen molar-refractivity contribution in [3.05, 3.63) is 53.7 Å². The standard InChI is InChI=1S/C27H32N4O5/c1-29-18-22(26(28-29)19-5-7-24-25(16-19)36-14-4-13-35-24)27(32)31-11-9-30(10-12-31)17-20-15-21(33-2)6-8-23(20)34-3/h5-8,15-16,18H,4,9-14,17H2,1-3H3. The Morgan fingerprint density at radius 3 is 2.50 bits per heavy atom. The smallest absolute Gasteiger partial charge is 0.257 e. The van der Waals surface area contributed by atoms with Crippen LogP contribution in [0.1, 0.15) is 22.3 Å². The summed E-state index contributed by atoms with van der Waals surface area (Å²) in [5.41, 5.74) is 3.16. The monoisotopic (exact) mass is 492 g/mol. The van der Waals surface area contributed by atoms with Crippen LogP contribution in [-0.4, -0.2) is 79.1 Å². The van der Waals surface area contributed by atoms with Gasteiger partial charge in [0.2, 0.25) is 0 Å². The van der Waals surface area contributed by atoms with Gasteiger partial charge in [-0.05, 0) is 36.4 Å². The zero-order valence-corrected chi connectivity index (χ0v) is 21.0. The number of ether oxygens (including phenoxy) is 4. The van der Waals surface area contributed by atoms with E-state index in [2.05, 4.69) is 10.00 Å². The second-order valence-corrected chi connectivity index (χ2v) is 9.02. The Morgan fingerprint density at radius 2 is 1.75 bits per heavy atom. The van der Waals surface area contributed by atoms with Crippen molar-refractivity contribution in [1.29, 1.82) is 0 Å². The topological polar surface area (TPSA) is 78.3 Å². The van der Waals surface area contributed by atoms with Crippen LogP contribution < -0.4 is 18.9 Å². The summed E-state index contributed by atoms with van der Waals surface area (Å²) in [5.74, 6) is 3.05. The minimum Gasteiger partial charge on any atom is -0.497 e. The molecule has 190 valence electrons. The Hall–Kier alpha value is -3.72. The third kappa shape index (κ3) is 4.97. The number of rotatable bonds is 6. The number of carbonyl (C=O) groups excluding carboxylic acids is 1. The van der Waals surface area contributed by atoms with Gasteiger partial charge in [-0.15, -0.1) is 0 Å². The molecule has 1 saturated heterocycles. The van der Waals surface area contributed by atoms with Gasteiger partial charge in [0.05, 0.1) is 33.0 Å². The maximum Gasteiger partial charge on any atom is 0.257 e. The fraction of sp³-hybridized carbons (Fsp3) is 0.407. The van der Waals surface area contributed by atoms with E-state index in [9.17, 15) is 4.79 Å². The molecule has 2 aliphatic rings. The zero-order chi connectivity index (χ0) is 25.1. The summed E-state index contributed by atoms with van der Waals surface area (Å²) in [4.78, 5) is 17.8. The Morgan fingerprint density at radius 1 is 0.972 bits per heavy atom. The molecule has 0 aliphatic carbocycles. The number of benzene rings is 2. The van der Waals surface area contributed by atoms with Crippen LogP contribution >= 0.6 is 0 Å². The van der Waals surface area contributed by atoms with E-state index in [-0.39, 0.29) is 5.91 Å². The molecule has 0 N–H and O–H groups in total. The number of aryl methyl sites for hydroxylation is 1. The first-order valence-electron chi connectivity index (χ1n) is 12.2. The number of nitrogens with zero attached hydrogens (tertiary/aromatic N) is 4. The molecule has 1 fully saturated rings. The summed E-state index contributed by atoms with van der Waals surface area (Å²) in [6.07, 6.45) is 2.64. The molecule has 0 saturated carbocycles. The molecule has 1 aromatic heterocycles. The first kappa shape index (κ1) is 24.0. The van der Waals surface area contributed by atoms with Crippen molar-refractivity contribution in [3.8, 4) is 34.3 Å². The Kier molecular flexibility index (Phi) is 6.99. The van der Waals surface area contributed by atoms with E-state index in [1.54, 1.807) is 25.1 Å². The number of carbonyl (C=O) groups is 1. The lowest BCUT2D eigenvalue weighted by Gasteiger charge is -2.35. The lowest BCUT2D eigenvalue weighted by molar-refractivity contribution is 0.0628. The van der Waals surface area contributed by atoms with Crippen molar-refractivity contribution in [3.63, 3.8) is 0 Å². The van der Waals surface area contributed by atoms with Gasteiger partial charge in [0.15, 0.2) is 11.5 Å². The molecule has 5 rings (SSSR count). The van der Waals surface area contributed by atoms with Crippen LogP contribution in [0.3, 0.4) is 0 Å². The van der Waals surface area contributed by atoms with Crippen LogP contribution in [0.4, 0.5) is 0 Å². The van der Waals surface area contributed by atoms with Gasteiger partial charge in [0, 0.05) is 63.5 Å². The number of fused-ring (bicyclic) bond motifs is 1. The van der Waals surface area contributed by atoms with Crippen LogP contribution in [0, 0.1) is 0 Å². The Labute approximate surface area is 211 Å². The molecule has 2 aromatic carbocycles. The molecular weight excluding hydrogens is 460 g/mol. The number of methoxy groups -OCH3 is 2. The van der Waals surface area contributed by atoms with Gasteiger partial charge >= 0.3 is 0 Å². The number of hydrogen-bond donors (Lipinski definition) is 0. The predicted molar refractivity (Wildman–Crippen MR) is 135 cm³/mol. The van der Waals surface area contributed by atoms with Crippen molar-refractivity contribution in [2.45, 2.75) is 13.0 Å². The molecule has 0 atom stereocenters. The average molecular weight is 493 g/mol. The number of aromatic nitrogens is 2. The molecule has 0 spiro atoms. The summed E-state index contributed by atoms with van der Waals surface area (Å²) in [5, 5.41) is 4.61. The van der Waals surface area contributed by atoms with Gasteiger partial charge < -0.3 is 23.8 Å². The van der Waals surface area contributed by atoms with Crippen LogP contribution in [-0.2, 0) is 13.6 Å². The zero-order valence-electron chi connectivity index (χ0n) is 21.0. The maximum atomic E-state index is 13.6. The van der Waals surface area contributed by atoms with Crippen LogP contribution in [0.25, 0.3) is 11.3 Å². The molecule has 9 heteroatoms. The minimum atomic E-state index is -0.0103. The molecule has 1 amide bonds. The SMILES string of the molecule is COc1ccc(OC)c(CN2CCN(C(=O)c3cn(C)nc3-c3ccc4c(c3)OCCCO4)CC2)c1. The Balaban J connectivity index is 1.29. The van der Waals surface area contributed by atoms with E-state index < -0.39 is 0 Å². The molecule has 2 aliphatic heterocycles. The summed E-state index contributed by atoms with van der Waals surface area (Å²) in [7, 11) is 5.18. The molecule has 36 heavy (non-hydrogen) atoms. The highest BCUT2D eigenvalue weighted by molar-refractivity contribution is 6.00. The first-order valence-corrected chi connectivity index (χ1v) is 12.2. The highest BCUT2D eigenvalue weighted by Gasteiger charge is 2.27. The summed E-state index contributed by atoms with van der Waals surface area (Å²) < 4.78 is 24.2.